The Labute approximate surface area is 86.3 Å². The fourth-order valence-electron chi connectivity index (χ4n) is 1.32. The fourth-order valence-corrected chi connectivity index (χ4v) is 1.32. The lowest BCUT2D eigenvalue weighted by molar-refractivity contribution is 0.369. The average molecular weight is 195 g/mol. The van der Waals surface area contributed by atoms with Crippen molar-refractivity contribution in [2.45, 2.75) is 40.2 Å². The van der Waals surface area contributed by atoms with E-state index in [1.807, 2.05) is 10.9 Å². The molecular weight excluding hydrogens is 174 g/mol. The second-order valence-corrected chi connectivity index (χ2v) is 4.93. The van der Waals surface area contributed by atoms with Crippen LogP contribution < -0.4 is 5.73 Å². The third kappa shape index (κ3) is 2.84. The van der Waals surface area contributed by atoms with Crippen molar-refractivity contribution in [1.29, 1.82) is 0 Å². The van der Waals surface area contributed by atoms with E-state index in [9.17, 15) is 0 Å². The molecule has 1 aromatic rings. The molecule has 0 fully saturated rings. The predicted molar refractivity (Wildman–Crippen MR) is 59.2 cm³/mol. The first kappa shape index (κ1) is 11.2. The molecule has 3 nitrogen and oxygen atoms in total. The number of hydrogen-bond acceptors (Lipinski definition) is 2. The highest BCUT2D eigenvalue weighted by Gasteiger charge is 2.17. The predicted octanol–water partition coefficient (Wildman–Crippen LogP) is 1.99. The molecule has 0 amide bonds. The van der Waals surface area contributed by atoms with Gasteiger partial charge in [0.1, 0.15) is 0 Å². The molecule has 0 aromatic carbocycles. The number of rotatable bonds is 4. The summed E-state index contributed by atoms with van der Waals surface area (Å²) < 4.78 is 1.99. The average Bonchev–Trinajstić information content (AvgIpc) is 2.52. The van der Waals surface area contributed by atoms with Gasteiger partial charge in [0.05, 0.1) is 5.69 Å². The van der Waals surface area contributed by atoms with E-state index in [2.05, 4.69) is 38.9 Å². The van der Waals surface area contributed by atoms with E-state index in [1.54, 1.807) is 0 Å². The summed E-state index contributed by atoms with van der Waals surface area (Å²) in [5, 5.41) is 4.50. The largest absolute Gasteiger partial charge is 0.330 e. The lowest BCUT2D eigenvalue weighted by Crippen LogP contribution is -2.26. The molecule has 0 unspecified atom stereocenters. The van der Waals surface area contributed by atoms with Crippen LogP contribution in [0.5, 0.6) is 0 Å². The molecule has 1 aromatic heterocycles. The smallest absolute Gasteiger partial charge is 0.0630 e. The molecule has 0 atom stereocenters. The lowest BCUT2D eigenvalue weighted by Gasteiger charge is -2.20. The van der Waals surface area contributed by atoms with Crippen molar-refractivity contribution in [3.63, 3.8) is 0 Å². The van der Waals surface area contributed by atoms with Crippen molar-refractivity contribution in [1.82, 2.24) is 9.78 Å². The second kappa shape index (κ2) is 4.13. The van der Waals surface area contributed by atoms with E-state index in [1.165, 1.54) is 0 Å². The second-order valence-electron chi connectivity index (χ2n) is 4.93. The van der Waals surface area contributed by atoms with Crippen LogP contribution in [0, 0.1) is 5.41 Å². The minimum atomic E-state index is 0.149. The van der Waals surface area contributed by atoms with Crippen LogP contribution in [0.3, 0.4) is 0 Å². The Kier molecular flexibility index (Phi) is 3.32. The summed E-state index contributed by atoms with van der Waals surface area (Å²) in [5.41, 5.74) is 6.97. The van der Waals surface area contributed by atoms with Crippen molar-refractivity contribution in [3.8, 4) is 0 Å². The molecule has 1 rings (SSSR count). The van der Waals surface area contributed by atoms with Gasteiger partial charge in [0.15, 0.2) is 0 Å². The van der Waals surface area contributed by atoms with Gasteiger partial charge in [0, 0.05) is 12.2 Å². The van der Waals surface area contributed by atoms with E-state index in [4.69, 9.17) is 5.73 Å². The first-order valence-corrected chi connectivity index (χ1v) is 5.19. The highest BCUT2D eigenvalue weighted by atomic mass is 15.3. The zero-order chi connectivity index (χ0) is 10.8. The summed E-state index contributed by atoms with van der Waals surface area (Å²) in [7, 11) is 0. The summed E-state index contributed by atoms with van der Waals surface area (Å²) in [6.07, 6.45) is 2.98. The van der Waals surface area contributed by atoms with Gasteiger partial charge in [-0.1, -0.05) is 13.8 Å². The minimum Gasteiger partial charge on any atom is -0.330 e. The molecule has 14 heavy (non-hydrogen) atoms. The van der Waals surface area contributed by atoms with Crippen molar-refractivity contribution >= 4 is 0 Å². The normalized spacial score (nSPS) is 12.4. The number of nitrogens with zero attached hydrogens (tertiary/aromatic N) is 2. The first-order chi connectivity index (χ1) is 6.44. The Morgan fingerprint density at radius 2 is 2.14 bits per heavy atom. The Hall–Kier alpha value is -0.830. The van der Waals surface area contributed by atoms with Crippen LogP contribution in [0.2, 0.25) is 0 Å². The molecule has 0 aliphatic carbocycles. The third-order valence-corrected chi connectivity index (χ3v) is 2.40. The molecule has 3 heteroatoms. The van der Waals surface area contributed by atoms with Gasteiger partial charge in [-0.15, -0.1) is 0 Å². The van der Waals surface area contributed by atoms with Crippen molar-refractivity contribution < 1.29 is 0 Å². The van der Waals surface area contributed by atoms with Crippen LogP contribution in [-0.4, -0.2) is 16.3 Å². The first-order valence-electron chi connectivity index (χ1n) is 5.19. The van der Waals surface area contributed by atoms with Gasteiger partial charge in [-0.25, -0.2) is 0 Å². The quantitative estimate of drug-likeness (QED) is 0.798. The Morgan fingerprint density at radius 1 is 1.50 bits per heavy atom. The molecule has 0 radical (unpaired) electrons. The number of nitrogens with two attached hydrogens (primary N) is 1. The third-order valence-electron chi connectivity index (χ3n) is 2.40. The van der Waals surface area contributed by atoms with E-state index in [0.717, 1.165) is 12.1 Å². The molecule has 0 aliphatic rings. The molecular formula is C11H21N3. The van der Waals surface area contributed by atoms with E-state index < -0.39 is 0 Å². The summed E-state index contributed by atoms with van der Waals surface area (Å²) in [6.45, 7) is 9.29. The maximum absolute atomic E-state index is 5.69. The van der Waals surface area contributed by atoms with Crippen LogP contribution in [0.4, 0.5) is 0 Å². The van der Waals surface area contributed by atoms with Crippen molar-refractivity contribution in [2.24, 2.45) is 11.1 Å². The Balaban J connectivity index is 2.69. The summed E-state index contributed by atoms with van der Waals surface area (Å²) in [4.78, 5) is 0. The fraction of sp³-hybridized carbons (Fsp3) is 0.727. The standard InChI is InChI=1S/C11H21N3/c1-9(2)14-6-5-10(13-14)7-11(3,4)8-12/h5-6,9H,7-8,12H2,1-4H3. The van der Waals surface area contributed by atoms with Gasteiger partial charge in [-0.05, 0) is 38.3 Å². The highest BCUT2D eigenvalue weighted by Crippen LogP contribution is 2.19. The van der Waals surface area contributed by atoms with Gasteiger partial charge in [0.25, 0.3) is 0 Å². The molecule has 0 aliphatic heterocycles. The molecule has 0 saturated heterocycles. The zero-order valence-corrected chi connectivity index (χ0v) is 9.62. The van der Waals surface area contributed by atoms with Crippen LogP contribution >= 0.6 is 0 Å². The number of aromatic nitrogens is 2. The molecule has 2 N–H and O–H groups in total. The SMILES string of the molecule is CC(C)n1ccc(CC(C)(C)CN)n1. The van der Waals surface area contributed by atoms with Crippen LogP contribution in [0.15, 0.2) is 12.3 Å². The van der Waals surface area contributed by atoms with E-state index >= 15 is 0 Å². The maximum Gasteiger partial charge on any atom is 0.0630 e. The van der Waals surface area contributed by atoms with Gasteiger partial charge in [-0.3, -0.25) is 4.68 Å². The van der Waals surface area contributed by atoms with E-state index in [-0.39, 0.29) is 5.41 Å². The van der Waals surface area contributed by atoms with E-state index in [0.29, 0.717) is 12.6 Å². The highest BCUT2D eigenvalue weighted by molar-refractivity contribution is 5.02. The minimum absolute atomic E-state index is 0.149. The topological polar surface area (TPSA) is 43.8 Å². The van der Waals surface area contributed by atoms with Gasteiger partial charge in [0.2, 0.25) is 0 Å². The zero-order valence-electron chi connectivity index (χ0n) is 9.62. The lowest BCUT2D eigenvalue weighted by atomic mass is 9.88. The van der Waals surface area contributed by atoms with Crippen molar-refractivity contribution in [2.75, 3.05) is 6.54 Å². The molecule has 0 saturated carbocycles. The summed E-state index contributed by atoms with van der Waals surface area (Å²) in [5.74, 6) is 0. The maximum atomic E-state index is 5.69. The van der Waals surface area contributed by atoms with Crippen molar-refractivity contribution in [3.05, 3.63) is 18.0 Å². The van der Waals surface area contributed by atoms with Crippen LogP contribution in [0.25, 0.3) is 0 Å². The monoisotopic (exact) mass is 195 g/mol. The Bertz CT molecular complexity index is 286. The van der Waals surface area contributed by atoms with Gasteiger partial charge in [-0.2, -0.15) is 5.10 Å². The molecule has 80 valence electrons. The van der Waals surface area contributed by atoms with Crippen LogP contribution in [0.1, 0.15) is 39.4 Å². The summed E-state index contributed by atoms with van der Waals surface area (Å²) >= 11 is 0. The number of hydrogen-bond donors (Lipinski definition) is 1. The van der Waals surface area contributed by atoms with Crippen LogP contribution in [-0.2, 0) is 6.42 Å². The Morgan fingerprint density at radius 3 is 2.57 bits per heavy atom. The molecule has 1 heterocycles. The molecule has 0 bridgehead atoms. The summed E-state index contributed by atoms with van der Waals surface area (Å²) in [6, 6.07) is 2.52. The van der Waals surface area contributed by atoms with Gasteiger partial charge < -0.3 is 5.73 Å². The molecule has 0 spiro atoms. The van der Waals surface area contributed by atoms with Gasteiger partial charge >= 0.3 is 0 Å².